The largest absolute Gasteiger partial charge is 0.261 e. The number of rotatable bonds is 0. The summed E-state index contributed by atoms with van der Waals surface area (Å²) in [6, 6.07) is 2.16. The van der Waals surface area contributed by atoms with Crippen molar-refractivity contribution in [2.75, 3.05) is 0 Å². The van der Waals surface area contributed by atoms with Crippen LogP contribution in [0.2, 0.25) is 0 Å². The van der Waals surface area contributed by atoms with E-state index in [1.807, 2.05) is 6.20 Å². The third-order valence-electron chi connectivity index (χ3n) is 2.70. The van der Waals surface area contributed by atoms with E-state index >= 15 is 0 Å². The van der Waals surface area contributed by atoms with E-state index in [-0.39, 0.29) is 10.8 Å². The van der Waals surface area contributed by atoms with Crippen LogP contribution in [0.15, 0.2) is 12.3 Å². The van der Waals surface area contributed by atoms with Crippen LogP contribution in [0.5, 0.6) is 0 Å². The molecule has 0 fully saturated rings. The van der Waals surface area contributed by atoms with Crippen molar-refractivity contribution < 1.29 is 0 Å². The molecular weight excluding hydrogens is 182 g/mol. The van der Waals surface area contributed by atoms with Crippen molar-refractivity contribution in [1.29, 1.82) is 0 Å². The maximum Gasteiger partial charge on any atom is 0.0412 e. The summed E-state index contributed by atoms with van der Waals surface area (Å²) in [7, 11) is 0. The number of hydrogen-bond acceptors (Lipinski definition) is 1. The molecule has 0 aliphatic rings. The predicted molar refractivity (Wildman–Crippen MR) is 66.4 cm³/mol. The van der Waals surface area contributed by atoms with Crippen LogP contribution in [0.3, 0.4) is 0 Å². The average Bonchev–Trinajstić information content (AvgIpc) is 1.99. The SMILES string of the molecule is Cc1nccc(C(C)(C)C)c1C(C)(C)C. The van der Waals surface area contributed by atoms with Gasteiger partial charge in [0.1, 0.15) is 0 Å². The molecular formula is C14H23N. The lowest BCUT2D eigenvalue weighted by Crippen LogP contribution is -2.23. The van der Waals surface area contributed by atoms with E-state index in [0.29, 0.717) is 0 Å². The monoisotopic (exact) mass is 205 g/mol. The second-order valence-electron chi connectivity index (χ2n) is 6.32. The van der Waals surface area contributed by atoms with Gasteiger partial charge in [0.25, 0.3) is 0 Å². The molecule has 1 aromatic rings. The first-order chi connectivity index (χ1) is 6.64. The molecule has 1 heteroatoms. The van der Waals surface area contributed by atoms with Gasteiger partial charge in [-0.2, -0.15) is 0 Å². The average molecular weight is 205 g/mol. The standard InChI is InChI=1S/C14H23N/c1-10-12(14(5,6)7)11(8-9-15-10)13(2,3)4/h8-9H,1-7H3. The molecule has 0 bridgehead atoms. The van der Waals surface area contributed by atoms with E-state index in [2.05, 4.69) is 59.5 Å². The normalized spacial score (nSPS) is 13.0. The zero-order valence-corrected chi connectivity index (χ0v) is 11.1. The fourth-order valence-corrected chi connectivity index (χ4v) is 2.14. The Balaban J connectivity index is 3.48. The summed E-state index contributed by atoms with van der Waals surface area (Å²) in [4.78, 5) is 4.42. The highest BCUT2D eigenvalue weighted by Crippen LogP contribution is 2.34. The van der Waals surface area contributed by atoms with Gasteiger partial charge in [0.15, 0.2) is 0 Å². The van der Waals surface area contributed by atoms with Crippen molar-refractivity contribution in [1.82, 2.24) is 4.98 Å². The molecule has 15 heavy (non-hydrogen) atoms. The van der Waals surface area contributed by atoms with E-state index < -0.39 is 0 Å². The number of aromatic nitrogens is 1. The van der Waals surface area contributed by atoms with Gasteiger partial charge in [0.05, 0.1) is 0 Å². The topological polar surface area (TPSA) is 12.9 Å². The first kappa shape index (κ1) is 12.2. The van der Waals surface area contributed by atoms with E-state index in [1.165, 1.54) is 11.1 Å². The van der Waals surface area contributed by atoms with E-state index in [4.69, 9.17) is 0 Å². The van der Waals surface area contributed by atoms with Gasteiger partial charge in [-0.15, -0.1) is 0 Å². The van der Waals surface area contributed by atoms with Crippen LogP contribution >= 0.6 is 0 Å². The molecule has 0 spiro atoms. The minimum Gasteiger partial charge on any atom is -0.261 e. The fraction of sp³-hybridized carbons (Fsp3) is 0.643. The van der Waals surface area contributed by atoms with Crippen molar-refractivity contribution in [2.45, 2.75) is 59.3 Å². The van der Waals surface area contributed by atoms with Gasteiger partial charge in [-0.25, -0.2) is 0 Å². The van der Waals surface area contributed by atoms with Crippen LogP contribution in [0.4, 0.5) is 0 Å². The first-order valence-electron chi connectivity index (χ1n) is 5.60. The predicted octanol–water partition coefficient (Wildman–Crippen LogP) is 3.99. The Morgan fingerprint density at radius 3 is 1.80 bits per heavy atom. The maximum absolute atomic E-state index is 4.42. The van der Waals surface area contributed by atoms with Crippen LogP contribution in [0.1, 0.15) is 58.4 Å². The van der Waals surface area contributed by atoms with Gasteiger partial charge < -0.3 is 0 Å². The van der Waals surface area contributed by atoms with Crippen molar-refractivity contribution >= 4 is 0 Å². The summed E-state index contributed by atoms with van der Waals surface area (Å²) >= 11 is 0. The first-order valence-corrected chi connectivity index (χ1v) is 5.60. The van der Waals surface area contributed by atoms with Gasteiger partial charge in [0, 0.05) is 11.9 Å². The van der Waals surface area contributed by atoms with Gasteiger partial charge in [0.2, 0.25) is 0 Å². The van der Waals surface area contributed by atoms with Crippen LogP contribution in [0, 0.1) is 6.92 Å². The minimum atomic E-state index is 0.168. The molecule has 0 saturated carbocycles. The molecule has 1 rings (SSSR count). The summed E-state index contributed by atoms with van der Waals surface area (Å²) in [5.41, 5.74) is 4.34. The molecule has 0 unspecified atom stereocenters. The lowest BCUT2D eigenvalue weighted by Gasteiger charge is -2.30. The molecule has 0 aliphatic carbocycles. The molecule has 0 atom stereocenters. The molecule has 1 aromatic heterocycles. The Morgan fingerprint density at radius 2 is 1.47 bits per heavy atom. The molecule has 84 valence electrons. The molecule has 0 saturated heterocycles. The van der Waals surface area contributed by atoms with E-state index in [1.54, 1.807) is 0 Å². The van der Waals surface area contributed by atoms with Crippen molar-refractivity contribution in [3.8, 4) is 0 Å². The van der Waals surface area contributed by atoms with Gasteiger partial charge in [-0.05, 0) is 34.9 Å². The minimum absolute atomic E-state index is 0.168. The summed E-state index contributed by atoms with van der Waals surface area (Å²) in [5, 5.41) is 0. The lowest BCUT2D eigenvalue weighted by molar-refractivity contribution is 0.523. The highest BCUT2D eigenvalue weighted by molar-refractivity contribution is 5.39. The van der Waals surface area contributed by atoms with Crippen LogP contribution in [-0.4, -0.2) is 4.98 Å². The van der Waals surface area contributed by atoms with Crippen LogP contribution in [0.25, 0.3) is 0 Å². The van der Waals surface area contributed by atoms with Gasteiger partial charge in [-0.3, -0.25) is 4.98 Å². The Kier molecular flexibility index (Phi) is 2.95. The Labute approximate surface area is 93.9 Å². The Morgan fingerprint density at radius 1 is 0.933 bits per heavy atom. The Hall–Kier alpha value is -0.850. The van der Waals surface area contributed by atoms with Crippen molar-refractivity contribution in [3.63, 3.8) is 0 Å². The molecule has 1 heterocycles. The summed E-state index contributed by atoms with van der Waals surface area (Å²) in [5.74, 6) is 0. The van der Waals surface area contributed by atoms with Gasteiger partial charge in [-0.1, -0.05) is 41.5 Å². The Bertz CT molecular complexity index is 351. The van der Waals surface area contributed by atoms with Crippen molar-refractivity contribution in [2.24, 2.45) is 0 Å². The third-order valence-corrected chi connectivity index (χ3v) is 2.70. The molecule has 0 radical (unpaired) electrons. The van der Waals surface area contributed by atoms with Gasteiger partial charge >= 0.3 is 0 Å². The van der Waals surface area contributed by atoms with Crippen molar-refractivity contribution in [3.05, 3.63) is 29.1 Å². The zero-order valence-electron chi connectivity index (χ0n) is 11.1. The highest BCUT2D eigenvalue weighted by Gasteiger charge is 2.26. The highest BCUT2D eigenvalue weighted by atomic mass is 14.7. The molecule has 0 N–H and O–H groups in total. The summed E-state index contributed by atoms with van der Waals surface area (Å²) in [6.07, 6.45) is 1.92. The fourth-order valence-electron chi connectivity index (χ4n) is 2.14. The third kappa shape index (κ3) is 2.58. The summed E-state index contributed by atoms with van der Waals surface area (Å²) < 4.78 is 0. The zero-order chi connectivity index (χ0) is 11.9. The number of hydrogen-bond donors (Lipinski definition) is 0. The van der Waals surface area contributed by atoms with E-state index in [0.717, 1.165) is 5.69 Å². The number of pyridine rings is 1. The molecule has 0 aromatic carbocycles. The molecule has 1 nitrogen and oxygen atoms in total. The maximum atomic E-state index is 4.42. The smallest absolute Gasteiger partial charge is 0.0412 e. The lowest BCUT2D eigenvalue weighted by atomic mass is 9.75. The quantitative estimate of drug-likeness (QED) is 0.624. The number of aryl methyl sites for hydroxylation is 1. The molecule has 0 amide bonds. The number of nitrogens with zero attached hydrogens (tertiary/aromatic N) is 1. The van der Waals surface area contributed by atoms with Crippen LogP contribution < -0.4 is 0 Å². The van der Waals surface area contributed by atoms with E-state index in [9.17, 15) is 0 Å². The second kappa shape index (κ2) is 3.62. The summed E-state index contributed by atoms with van der Waals surface area (Å²) in [6.45, 7) is 15.7. The second-order valence-corrected chi connectivity index (χ2v) is 6.32. The molecule has 0 aliphatic heterocycles. The van der Waals surface area contributed by atoms with Crippen LogP contribution in [-0.2, 0) is 10.8 Å².